The van der Waals surface area contributed by atoms with Crippen LogP contribution in [0.2, 0.25) is 0 Å². The molecule has 0 spiro atoms. The van der Waals surface area contributed by atoms with Crippen LogP contribution in [-0.4, -0.2) is 50.7 Å². The molecule has 0 aliphatic carbocycles. The summed E-state index contributed by atoms with van der Waals surface area (Å²) < 4.78 is 0. The number of amides is 1. The highest BCUT2D eigenvalue weighted by Gasteiger charge is 2.50. The molecule has 1 aliphatic rings. The maximum atomic E-state index is 12.4. The lowest BCUT2D eigenvalue weighted by Crippen LogP contribution is -2.41. The van der Waals surface area contributed by atoms with E-state index in [0.29, 0.717) is 0 Å². The molecular weight excluding hydrogens is 278 g/mol. The van der Waals surface area contributed by atoms with E-state index in [0.717, 1.165) is 4.90 Å². The average molecular weight is 293 g/mol. The van der Waals surface area contributed by atoms with Crippen LogP contribution in [0.1, 0.15) is 23.7 Å². The summed E-state index contributed by atoms with van der Waals surface area (Å²) in [7, 11) is 0. The third-order valence-electron chi connectivity index (χ3n) is 3.69. The van der Waals surface area contributed by atoms with Gasteiger partial charge in [0.1, 0.15) is 11.8 Å². The van der Waals surface area contributed by atoms with Crippen LogP contribution in [0.15, 0.2) is 24.3 Å². The highest BCUT2D eigenvalue weighted by Crippen LogP contribution is 2.36. The molecule has 112 valence electrons. The number of carboxylic acids is 2. The minimum absolute atomic E-state index is 0.118. The first-order valence-electron chi connectivity index (χ1n) is 6.31. The Balaban J connectivity index is 2.34. The number of phenols is 1. The van der Waals surface area contributed by atoms with Gasteiger partial charge < -0.3 is 20.2 Å². The van der Waals surface area contributed by atoms with E-state index < -0.39 is 29.3 Å². The summed E-state index contributed by atoms with van der Waals surface area (Å²) in [6, 6.07) is 4.32. The number of benzene rings is 1. The summed E-state index contributed by atoms with van der Waals surface area (Å²) >= 11 is 0. The van der Waals surface area contributed by atoms with Crippen LogP contribution in [0.3, 0.4) is 0 Å². The van der Waals surface area contributed by atoms with E-state index >= 15 is 0 Å². The number of nitrogens with zero attached hydrogens (tertiary/aromatic N) is 1. The number of rotatable bonds is 3. The summed E-state index contributed by atoms with van der Waals surface area (Å²) in [5.41, 5.74) is -1.17. The lowest BCUT2D eigenvalue weighted by molar-refractivity contribution is -0.147. The van der Waals surface area contributed by atoms with Gasteiger partial charge in [0.05, 0.1) is 5.41 Å². The molecule has 0 radical (unpaired) electrons. The average Bonchev–Trinajstić information content (AvgIpc) is 2.78. The van der Waals surface area contributed by atoms with Crippen LogP contribution in [0.5, 0.6) is 5.75 Å². The van der Waals surface area contributed by atoms with Crippen LogP contribution in [-0.2, 0) is 9.59 Å². The van der Waals surface area contributed by atoms with E-state index in [1.54, 1.807) is 0 Å². The van der Waals surface area contributed by atoms with Crippen molar-refractivity contribution in [1.29, 1.82) is 0 Å². The molecule has 1 heterocycles. The van der Waals surface area contributed by atoms with Gasteiger partial charge in [-0.05, 0) is 31.5 Å². The number of hydrogen-bond donors (Lipinski definition) is 3. The Morgan fingerprint density at radius 1 is 1.29 bits per heavy atom. The zero-order valence-corrected chi connectivity index (χ0v) is 11.3. The molecule has 7 nitrogen and oxygen atoms in total. The van der Waals surface area contributed by atoms with Gasteiger partial charge in [-0.25, -0.2) is 4.79 Å². The Hall–Kier alpha value is -2.57. The van der Waals surface area contributed by atoms with Crippen molar-refractivity contribution in [2.75, 3.05) is 6.54 Å². The normalized spacial score (nSPS) is 24.8. The largest absolute Gasteiger partial charge is 0.508 e. The Kier molecular flexibility index (Phi) is 3.59. The first-order valence-corrected chi connectivity index (χ1v) is 6.31. The second-order valence-corrected chi connectivity index (χ2v) is 5.41. The summed E-state index contributed by atoms with van der Waals surface area (Å²) in [6.45, 7) is 1.23. The van der Waals surface area contributed by atoms with Crippen LogP contribution in [0.25, 0.3) is 0 Å². The summed E-state index contributed by atoms with van der Waals surface area (Å²) in [4.78, 5) is 36.0. The maximum Gasteiger partial charge on any atom is 0.326 e. The van der Waals surface area contributed by atoms with Crippen LogP contribution < -0.4 is 0 Å². The molecule has 1 aromatic rings. The fraction of sp³-hybridized carbons (Fsp3) is 0.357. The van der Waals surface area contributed by atoms with E-state index in [4.69, 9.17) is 0 Å². The van der Waals surface area contributed by atoms with Crippen molar-refractivity contribution in [1.82, 2.24) is 4.90 Å². The monoisotopic (exact) mass is 293 g/mol. The number of aromatic hydroxyl groups is 1. The molecule has 1 fully saturated rings. The standard InChI is InChI=1S/C14H15NO6/c1-14(13(20)21)6-10(12(18)19)15(7-14)11(17)8-3-2-4-9(16)5-8/h2-5,10,16H,6-7H2,1H3,(H,18,19)(H,20,21)/t10-,14-/m1/s1. The molecule has 3 N–H and O–H groups in total. The number of aliphatic carboxylic acids is 2. The molecule has 21 heavy (non-hydrogen) atoms. The molecule has 0 aromatic heterocycles. The van der Waals surface area contributed by atoms with E-state index in [9.17, 15) is 29.7 Å². The lowest BCUT2D eigenvalue weighted by atomic mass is 9.88. The molecule has 7 heteroatoms. The second-order valence-electron chi connectivity index (χ2n) is 5.41. The van der Waals surface area contributed by atoms with E-state index in [2.05, 4.69) is 0 Å². The highest BCUT2D eigenvalue weighted by molar-refractivity contribution is 5.98. The van der Waals surface area contributed by atoms with Gasteiger partial charge in [-0.15, -0.1) is 0 Å². The summed E-state index contributed by atoms with van der Waals surface area (Å²) in [6.07, 6.45) is -0.151. The van der Waals surface area contributed by atoms with Crippen molar-refractivity contribution in [3.05, 3.63) is 29.8 Å². The fourth-order valence-corrected chi connectivity index (χ4v) is 2.48. The number of carbonyl (C=O) groups is 3. The first-order chi connectivity index (χ1) is 9.74. The molecule has 0 bridgehead atoms. The van der Waals surface area contributed by atoms with Crippen LogP contribution in [0, 0.1) is 5.41 Å². The van der Waals surface area contributed by atoms with Crippen LogP contribution in [0.4, 0.5) is 0 Å². The molecule has 0 unspecified atom stereocenters. The predicted molar refractivity (Wildman–Crippen MR) is 70.9 cm³/mol. The van der Waals surface area contributed by atoms with E-state index in [-0.39, 0.29) is 24.3 Å². The van der Waals surface area contributed by atoms with Gasteiger partial charge in [-0.3, -0.25) is 9.59 Å². The van der Waals surface area contributed by atoms with Crippen molar-refractivity contribution in [3.8, 4) is 5.75 Å². The summed E-state index contributed by atoms with van der Waals surface area (Å²) in [5, 5.41) is 27.8. The van der Waals surface area contributed by atoms with Crippen molar-refractivity contribution >= 4 is 17.8 Å². The molecule has 1 aliphatic heterocycles. The number of carboxylic acid groups (broad SMARTS) is 2. The van der Waals surface area contributed by atoms with Gasteiger partial charge in [0.2, 0.25) is 0 Å². The molecule has 0 saturated carbocycles. The highest BCUT2D eigenvalue weighted by atomic mass is 16.4. The SMILES string of the molecule is C[C@@]1(C(=O)O)C[C@H](C(=O)O)N(C(=O)c2cccc(O)c2)C1. The van der Waals surface area contributed by atoms with Crippen molar-refractivity contribution in [2.45, 2.75) is 19.4 Å². The first kappa shape index (κ1) is 14.8. The minimum atomic E-state index is -1.30. The lowest BCUT2D eigenvalue weighted by Gasteiger charge is -2.22. The Bertz CT molecular complexity index is 613. The number of phenolic OH excluding ortho intramolecular Hbond substituents is 1. The molecular formula is C14H15NO6. The van der Waals surface area contributed by atoms with Crippen LogP contribution >= 0.6 is 0 Å². The topological polar surface area (TPSA) is 115 Å². The van der Waals surface area contributed by atoms with Crippen molar-refractivity contribution < 1.29 is 29.7 Å². The Morgan fingerprint density at radius 2 is 1.95 bits per heavy atom. The Labute approximate surface area is 120 Å². The molecule has 2 atom stereocenters. The van der Waals surface area contributed by atoms with Gasteiger partial charge >= 0.3 is 11.9 Å². The third-order valence-corrected chi connectivity index (χ3v) is 3.69. The van der Waals surface area contributed by atoms with Gasteiger partial charge in [-0.2, -0.15) is 0 Å². The molecule has 1 aromatic carbocycles. The zero-order valence-electron chi connectivity index (χ0n) is 11.3. The number of carbonyl (C=O) groups excluding carboxylic acids is 1. The number of hydrogen-bond acceptors (Lipinski definition) is 4. The minimum Gasteiger partial charge on any atom is -0.508 e. The number of likely N-dealkylation sites (tertiary alicyclic amines) is 1. The van der Waals surface area contributed by atoms with E-state index in [1.807, 2.05) is 0 Å². The van der Waals surface area contributed by atoms with E-state index in [1.165, 1.54) is 31.2 Å². The summed E-state index contributed by atoms with van der Waals surface area (Å²) in [5.74, 6) is -3.11. The Morgan fingerprint density at radius 3 is 2.48 bits per heavy atom. The quantitative estimate of drug-likeness (QED) is 0.758. The maximum absolute atomic E-state index is 12.4. The fourth-order valence-electron chi connectivity index (χ4n) is 2.48. The van der Waals surface area contributed by atoms with Gasteiger partial charge in [0.15, 0.2) is 0 Å². The van der Waals surface area contributed by atoms with Crippen molar-refractivity contribution in [3.63, 3.8) is 0 Å². The molecule has 1 amide bonds. The predicted octanol–water partition coefficient (Wildman–Crippen LogP) is 0.782. The van der Waals surface area contributed by atoms with Gasteiger partial charge in [-0.1, -0.05) is 6.07 Å². The zero-order chi connectivity index (χ0) is 15.8. The second kappa shape index (κ2) is 5.08. The third kappa shape index (κ3) is 2.67. The molecule has 2 rings (SSSR count). The van der Waals surface area contributed by atoms with Gasteiger partial charge in [0, 0.05) is 12.1 Å². The van der Waals surface area contributed by atoms with Gasteiger partial charge in [0.25, 0.3) is 5.91 Å². The molecule has 1 saturated heterocycles. The van der Waals surface area contributed by atoms with Crippen molar-refractivity contribution in [2.24, 2.45) is 5.41 Å². The smallest absolute Gasteiger partial charge is 0.326 e.